The molecule has 0 atom stereocenters. The molecular formula is C19H22N4O. The van der Waals surface area contributed by atoms with Crippen molar-refractivity contribution >= 4 is 22.7 Å². The molecule has 0 bridgehead atoms. The molecule has 0 saturated carbocycles. The van der Waals surface area contributed by atoms with Gasteiger partial charge in [-0.25, -0.2) is 4.98 Å². The Morgan fingerprint density at radius 2 is 1.75 bits per heavy atom. The van der Waals surface area contributed by atoms with Crippen molar-refractivity contribution in [1.82, 2.24) is 9.97 Å². The van der Waals surface area contributed by atoms with Crippen LogP contribution in [0.1, 0.15) is 19.4 Å². The number of hydrogen-bond donors (Lipinski definition) is 2. The first-order valence-electron chi connectivity index (χ1n) is 8.06. The summed E-state index contributed by atoms with van der Waals surface area (Å²) in [5, 5.41) is 7.71. The van der Waals surface area contributed by atoms with Gasteiger partial charge in [0, 0.05) is 23.5 Å². The zero-order valence-electron chi connectivity index (χ0n) is 14.2. The minimum atomic E-state index is 0.297. The van der Waals surface area contributed by atoms with Crippen molar-refractivity contribution in [2.75, 3.05) is 17.7 Å². The Balaban J connectivity index is 1.89. The van der Waals surface area contributed by atoms with Crippen molar-refractivity contribution in [3.8, 4) is 5.75 Å². The molecule has 124 valence electrons. The van der Waals surface area contributed by atoms with Gasteiger partial charge in [-0.15, -0.1) is 0 Å². The highest BCUT2D eigenvalue weighted by Crippen LogP contribution is 2.23. The molecule has 0 amide bonds. The number of anilines is 2. The van der Waals surface area contributed by atoms with Crippen molar-refractivity contribution in [2.45, 2.75) is 26.4 Å². The first-order chi connectivity index (χ1) is 11.7. The third-order valence-corrected chi connectivity index (χ3v) is 3.66. The Morgan fingerprint density at radius 1 is 1.00 bits per heavy atom. The van der Waals surface area contributed by atoms with Gasteiger partial charge in [-0.1, -0.05) is 30.3 Å². The lowest BCUT2D eigenvalue weighted by Crippen LogP contribution is -2.13. The van der Waals surface area contributed by atoms with E-state index in [2.05, 4.69) is 34.4 Å². The number of fused-ring (bicyclic) bond motifs is 1. The van der Waals surface area contributed by atoms with Gasteiger partial charge in [0.15, 0.2) is 0 Å². The summed E-state index contributed by atoms with van der Waals surface area (Å²) >= 11 is 0. The van der Waals surface area contributed by atoms with E-state index in [1.807, 2.05) is 48.5 Å². The zero-order valence-corrected chi connectivity index (χ0v) is 14.2. The SMILES string of the molecule is COc1ccccc1CNc1nc(NC(C)C)c2ccccc2n1. The smallest absolute Gasteiger partial charge is 0.225 e. The summed E-state index contributed by atoms with van der Waals surface area (Å²) in [7, 11) is 1.68. The van der Waals surface area contributed by atoms with E-state index in [4.69, 9.17) is 4.74 Å². The fraction of sp³-hybridized carbons (Fsp3) is 0.263. The summed E-state index contributed by atoms with van der Waals surface area (Å²) in [6.45, 7) is 4.79. The summed E-state index contributed by atoms with van der Waals surface area (Å²) in [6, 6.07) is 16.2. The van der Waals surface area contributed by atoms with Gasteiger partial charge in [-0.2, -0.15) is 4.98 Å². The van der Waals surface area contributed by atoms with Gasteiger partial charge >= 0.3 is 0 Å². The van der Waals surface area contributed by atoms with E-state index in [1.165, 1.54) is 0 Å². The van der Waals surface area contributed by atoms with E-state index in [9.17, 15) is 0 Å². The molecule has 5 heteroatoms. The standard InChI is InChI=1S/C19H22N4O/c1-13(2)21-18-15-9-5-6-10-16(15)22-19(23-18)20-12-14-8-4-7-11-17(14)24-3/h4-11,13H,12H2,1-3H3,(H2,20,21,22,23). The number of hydrogen-bond acceptors (Lipinski definition) is 5. The predicted molar refractivity (Wildman–Crippen MR) is 98.6 cm³/mol. The molecule has 3 rings (SSSR count). The maximum Gasteiger partial charge on any atom is 0.225 e. The minimum absolute atomic E-state index is 0.297. The zero-order chi connectivity index (χ0) is 16.9. The molecule has 0 unspecified atom stereocenters. The molecule has 1 heterocycles. The summed E-state index contributed by atoms with van der Waals surface area (Å²) < 4.78 is 5.39. The largest absolute Gasteiger partial charge is 0.496 e. The highest BCUT2D eigenvalue weighted by Gasteiger charge is 2.09. The molecule has 0 radical (unpaired) electrons. The van der Waals surface area contributed by atoms with E-state index in [-0.39, 0.29) is 0 Å². The average molecular weight is 322 g/mol. The second kappa shape index (κ2) is 7.17. The minimum Gasteiger partial charge on any atom is -0.496 e. The average Bonchev–Trinajstić information content (AvgIpc) is 2.59. The van der Waals surface area contributed by atoms with Crippen LogP contribution in [0.3, 0.4) is 0 Å². The lowest BCUT2D eigenvalue weighted by atomic mass is 10.2. The molecule has 2 aromatic carbocycles. The highest BCUT2D eigenvalue weighted by atomic mass is 16.5. The Hall–Kier alpha value is -2.82. The van der Waals surface area contributed by atoms with Gasteiger partial charge in [0.25, 0.3) is 0 Å². The molecule has 3 aromatic rings. The molecular weight excluding hydrogens is 300 g/mol. The monoisotopic (exact) mass is 322 g/mol. The number of benzene rings is 2. The summed E-state index contributed by atoms with van der Waals surface area (Å²) in [6.07, 6.45) is 0. The summed E-state index contributed by atoms with van der Waals surface area (Å²) in [5.74, 6) is 2.30. The third kappa shape index (κ3) is 3.56. The summed E-state index contributed by atoms with van der Waals surface area (Å²) in [4.78, 5) is 9.25. The number of para-hydroxylation sites is 2. The van der Waals surface area contributed by atoms with Crippen molar-refractivity contribution < 1.29 is 4.74 Å². The predicted octanol–water partition coefficient (Wildman–Crippen LogP) is 4.07. The van der Waals surface area contributed by atoms with Crippen LogP contribution in [-0.2, 0) is 6.54 Å². The summed E-state index contributed by atoms with van der Waals surface area (Å²) in [5.41, 5.74) is 1.98. The molecule has 0 fully saturated rings. The van der Waals surface area contributed by atoms with Crippen molar-refractivity contribution in [2.24, 2.45) is 0 Å². The van der Waals surface area contributed by atoms with E-state index in [0.29, 0.717) is 18.5 Å². The fourth-order valence-electron chi connectivity index (χ4n) is 2.56. The van der Waals surface area contributed by atoms with Gasteiger partial charge in [-0.05, 0) is 32.0 Å². The van der Waals surface area contributed by atoms with Gasteiger partial charge in [0.2, 0.25) is 5.95 Å². The number of nitrogens with one attached hydrogen (secondary N) is 2. The Labute approximate surface area is 142 Å². The lowest BCUT2D eigenvalue weighted by molar-refractivity contribution is 0.410. The molecule has 0 spiro atoms. The molecule has 1 aromatic heterocycles. The third-order valence-electron chi connectivity index (χ3n) is 3.66. The Bertz CT molecular complexity index is 832. The Morgan fingerprint density at radius 3 is 2.54 bits per heavy atom. The van der Waals surface area contributed by atoms with Crippen LogP contribution < -0.4 is 15.4 Å². The molecule has 0 aliphatic heterocycles. The maximum absolute atomic E-state index is 5.39. The van der Waals surface area contributed by atoms with Crippen molar-refractivity contribution in [1.29, 1.82) is 0 Å². The molecule has 0 aliphatic carbocycles. The quantitative estimate of drug-likeness (QED) is 0.716. The van der Waals surface area contributed by atoms with Crippen LogP contribution in [0.4, 0.5) is 11.8 Å². The van der Waals surface area contributed by atoms with Gasteiger partial charge in [0.1, 0.15) is 11.6 Å². The second-order valence-corrected chi connectivity index (χ2v) is 5.88. The van der Waals surface area contributed by atoms with Crippen molar-refractivity contribution in [3.05, 3.63) is 54.1 Å². The van der Waals surface area contributed by atoms with Crippen LogP contribution >= 0.6 is 0 Å². The van der Waals surface area contributed by atoms with Crippen LogP contribution in [0.25, 0.3) is 10.9 Å². The number of ether oxygens (including phenoxy) is 1. The number of rotatable bonds is 6. The van der Waals surface area contributed by atoms with E-state index < -0.39 is 0 Å². The highest BCUT2D eigenvalue weighted by molar-refractivity contribution is 5.90. The van der Waals surface area contributed by atoms with E-state index in [1.54, 1.807) is 7.11 Å². The van der Waals surface area contributed by atoms with Crippen molar-refractivity contribution in [3.63, 3.8) is 0 Å². The second-order valence-electron chi connectivity index (χ2n) is 5.88. The molecule has 0 saturated heterocycles. The van der Waals surface area contributed by atoms with Gasteiger partial charge in [0.05, 0.1) is 12.6 Å². The number of nitrogens with zero attached hydrogens (tertiary/aromatic N) is 2. The molecule has 24 heavy (non-hydrogen) atoms. The number of aromatic nitrogens is 2. The number of methoxy groups -OCH3 is 1. The van der Waals surface area contributed by atoms with Gasteiger partial charge < -0.3 is 15.4 Å². The van der Waals surface area contributed by atoms with E-state index in [0.717, 1.165) is 28.0 Å². The van der Waals surface area contributed by atoms with E-state index >= 15 is 0 Å². The van der Waals surface area contributed by atoms with Crippen LogP contribution in [-0.4, -0.2) is 23.1 Å². The normalized spacial score (nSPS) is 10.8. The first kappa shape index (κ1) is 16.1. The van der Waals surface area contributed by atoms with Gasteiger partial charge in [-0.3, -0.25) is 0 Å². The Kier molecular flexibility index (Phi) is 4.79. The maximum atomic E-state index is 5.39. The molecule has 0 aliphatic rings. The fourth-order valence-corrected chi connectivity index (χ4v) is 2.56. The molecule has 5 nitrogen and oxygen atoms in total. The molecule has 2 N–H and O–H groups in total. The van der Waals surface area contributed by atoms with Crippen LogP contribution in [0.5, 0.6) is 5.75 Å². The first-order valence-corrected chi connectivity index (χ1v) is 8.06. The topological polar surface area (TPSA) is 59.1 Å². The van der Waals surface area contributed by atoms with Crippen LogP contribution in [0.2, 0.25) is 0 Å². The lowest BCUT2D eigenvalue weighted by Gasteiger charge is -2.14. The van der Waals surface area contributed by atoms with Crippen LogP contribution in [0.15, 0.2) is 48.5 Å². The van der Waals surface area contributed by atoms with Crippen LogP contribution in [0, 0.1) is 0 Å².